The van der Waals surface area contributed by atoms with Crippen LogP contribution in [0.3, 0.4) is 0 Å². The first-order valence-corrected chi connectivity index (χ1v) is 6.48. The average molecular weight is 271 g/mol. The molecule has 0 aliphatic heterocycles. The lowest BCUT2D eigenvalue weighted by Gasteiger charge is -2.12. The molecule has 0 unspecified atom stereocenters. The van der Waals surface area contributed by atoms with Gasteiger partial charge in [0.25, 0.3) is 0 Å². The largest absolute Gasteiger partial charge is 0.492 e. The standard InChI is InChI=1S/C16H17NO3/c1-2-20-15-9-4-3-8-14(15)17-11-12-6-5-7-13(10-12)16(18)19/h3-10,17H,2,11H2,1H3,(H,18,19). The molecular formula is C16H17NO3. The Morgan fingerprint density at radius 3 is 2.75 bits per heavy atom. The van der Waals surface area contributed by atoms with Crippen molar-refractivity contribution in [2.45, 2.75) is 13.5 Å². The molecule has 0 bridgehead atoms. The van der Waals surface area contributed by atoms with E-state index in [4.69, 9.17) is 9.84 Å². The third-order valence-corrected chi connectivity index (χ3v) is 2.84. The third-order valence-electron chi connectivity index (χ3n) is 2.84. The lowest BCUT2D eigenvalue weighted by atomic mass is 10.1. The molecule has 0 atom stereocenters. The van der Waals surface area contributed by atoms with Crippen molar-refractivity contribution in [1.29, 1.82) is 0 Å². The van der Waals surface area contributed by atoms with E-state index in [9.17, 15) is 4.79 Å². The van der Waals surface area contributed by atoms with Crippen LogP contribution in [0.15, 0.2) is 48.5 Å². The Bertz CT molecular complexity index is 596. The molecular weight excluding hydrogens is 254 g/mol. The van der Waals surface area contributed by atoms with Crippen LogP contribution < -0.4 is 10.1 Å². The van der Waals surface area contributed by atoms with Crippen LogP contribution in [0.25, 0.3) is 0 Å². The van der Waals surface area contributed by atoms with Gasteiger partial charge in [-0.3, -0.25) is 0 Å². The van der Waals surface area contributed by atoms with E-state index in [2.05, 4.69) is 5.32 Å². The topological polar surface area (TPSA) is 58.6 Å². The zero-order valence-electron chi connectivity index (χ0n) is 11.3. The predicted molar refractivity (Wildman–Crippen MR) is 78.3 cm³/mol. The van der Waals surface area contributed by atoms with Crippen molar-refractivity contribution in [3.8, 4) is 5.75 Å². The lowest BCUT2D eigenvalue weighted by molar-refractivity contribution is 0.0697. The Kier molecular flexibility index (Phi) is 4.60. The number of hydrogen-bond acceptors (Lipinski definition) is 3. The highest BCUT2D eigenvalue weighted by molar-refractivity contribution is 5.87. The zero-order chi connectivity index (χ0) is 14.4. The summed E-state index contributed by atoms with van der Waals surface area (Å²) in [7, 11) is 0. The van der Waals surface area contributed by atoms with Gasteiger partial charge in [-0.15, -0.1) is 0 Å². The number of aromatic carboxylic acids is 1. The van der Waals surface area contributed by atoms with E-state index in [-0.39, 0.29) is 0 Å². The van der Waals surface area contributed by atoms with Gasteiger partial charge in [-0.1, -0.05) is 24.3 Å². The molecule has 0 aliphatic rings. The van der Waals surface area contributed by atoms with Crippen LogP contribution in [0.2, 0.25) is 0 Å². The SMILES string of the molecule is CCOc1ccccc1NCc1cccc(C(=O)O)c1. The van der Waals surface area contributed by atoms with Crippen molar-refractivity contribution in [3.05, 3.63) is 59.7 Å². The first-order valence-electron chi connectivity index (χ1n) is 6.48. The highest BCUT2D eigenvalue weighted by Crippen LogP contribution is 2.24. The number of benzene rings is 2. The summed E-state index contributed by atoms with van der Waals surface area (Å²) in [5.74, 6) is -0.119. The Balaban J connectivity index is 2.09. The van der Waals surface area contributed by atoms with Crippen LogP contribution in [0.5, 0.6) is 5.75 Å². The Morgan fingerprint density at radius 1 is 1.20 bits per heavy atom. The molecule has 0 aromatic heterocycles. The second-order valence-corrected chi connectivity index (χ2v) is 4.29. The van der Waals surface area contributed by atoms with Crippen molar-refractivity contribution in [3.63, 3.8) is 0 Å². The number of ether oxygens (including phenoxy) is 1. The highest BCUT2D eigenvalue weighted by atomic mass is 16.5. The Labute approximate surface area is 118 Å². The van der Waals surface area contributed by atoms with E-state index in [1.807, 2.05) is 37.3 Å². The summed E-state index contributed by atoms with van der Waals surface area (Å²) >= 11 is 0. The van der Waals surface area contributed by atoms with Gasteiger partial charge in [0.1, 0.15) is 5.75 Å². The van der Waals surface area contributed by atoms with Gasteiger partial charge in [-0.25, -0.2) is 4.79 Å². The van der Waals surface area contributed by atoms with Gasteiger partial charge in [0.15, 0.2) is 0 Å². The molecule has 0 saturated carbocycles. The molecule has 0 aliphatic carbocycles. The molecule has 2 N–H and O–H groups in total. The van der Waals surface area contributed by atoms with Crippen LogP contribution >= 0.6 is 0 Å². The molecule has 2 aromatic carbocycles. The van der Waals surface area contributed by atoms with Gasteiger partial charge in [0, 0.05) is 6.54 Å². The van der Waals surface area contributed by atoms with Crippen molar-refractivity contribution in [1.82, 2.24) is 0 Å². The van der Waals surface area contributed by atoms with Crippen molar-refractivity contribution in [2.75, 3.05) is 11.9 Å². The molecule has 4 nitrogen and oxygen atoms in total. The number of anilines is 1. The summed E-state index contributed by atoms with van der Waals surface area (Å²) in [6.07, 6.45) is 0. The van der Waals surface area contributed by atoms with E-state index in [0.717, 1.165) is 17.0 Å². The number of carboxylic acid groups (broad SMARTS) is 1. The third kappa shape index (κ3) is 3.51. The minimum absolute atomic E-state index is 0.294. The summed E-state index contributed by atoms with van der Waals surface area (Å²) in [5.41, 5.74) is 2.11. The van der Waals surface area contributed by atoms with Gasteiger partial charge in [0.05, 0.1) is 17.9 Å². The van der Waals surface area contributed by atoms with Gasteiger partial charge in [-0.2, -0.15) is 0 Å². The molecule has 0 amide bonds. The molecule has 104 valence electrons. The van der Waals surface area contributed by atoms with Gasteiger partial charge in [-0.05, 0) is 36.8 Å². The molecule has 2 aromatic rings. The number of para-hydroxylation sites is 2. The maximum absolute atomic E-state index is 10.9. The van der Waals surface area contributed by atoms with Gasteiger partial charge < -0.3 is 15.2 Å². The van der Waals surface area contributed by atoms with Crippen molar-refractivity contribution < 1.29 is 14.6 Å². The van der Waals surface area contributed by atoms with Crippen LogP contribution in [-0.4, -0.2) is 17.7 Å². The van der Waals surface area contributed by atoms with E-state index < -0.39 is 5.97 Å². The van der Waals surface area contributed by atoms with Crippen molar-refractivity contribution >= 4 is 11.7 Å². The minimum Gasteiger partial charge on any atom is -0.492 e. The monoisotopic (exact) mass is 271 g/mol. The quantitative estimate of drug-likeness (QED) is 0.845. The number of carbonyl (C=O) groups is 1. The van der Waals surface area contributed by atoms with Crippen LogP contribution in [0, 0.1) is 0 Å². The van der Waals surface area contributed by atoms with E-state index >= 15 is 0 Å². The number of hydrogen-bond donors (Lipinski definition) is 2. The molecule has 20 heavy (non-hydrogen) atoms. The molecule has 0 heterocycles. The first-order chi connectivity index (χ1) is 9.70. The van der Waals surface area contributed by atoms with E-state index in [1.165, 1.54) is 0 Å². The number of nitrogens with one attached hydrogen (secondary N) is 1. The Hall–Kier alpha value is -2.49. The molecule has 0 fully saturated rings. The smallest absolute Gasteiger partial charge is 0.335 e. The summed E-state index contributed by atoms with van der Waals surface area (Å²) in [4.78, 5) is 10.9. The normalized spacial score (nSPS) is 10.1. The zero-order valence-corrected chi connectivity index (χ0v) is 11.3. The first kappa shape index (κ1) is 13.9. The summed E-state index contributed by atoms with van der Waals surface area (Å²) in [6.45, 7) is 3.09. The number of rotatable bonds is 6. The second-order valence-electron chi connectivity index (χ2n) is 4.29. The summed E-state index contributed by atoms with van der Waals surface area (Å²) < 4.78 is 5.53. The molecule has 0 spiro atoms. The maximum Gasteiger partial charge on any atom is 0.335 e. The summed E-state index contributed by atoms with van der Waals surface area (Å²) in [6, 6.07) is 14.6. The number of carboxylic acids is 1. The molecule has 4 heteroatoms. The van der Waals surface area contributed by atoms with Crippen LogP contribution in [0.1, 0.15) is 22.8 Å². The fraction of sp³-hybridized carbons (Fsp3) is 0.188. The van der Waals surface area contributed by atoms with E-state index in [1.54, 1.807) is 18.2 Å². The van der Waals surface area contributed by atoms with Crippen LogP contribution in [0.4, 0.5) is 5.69 Å². The Morgan fingerprint density at radius 2 is 2.00 bits per heavy atom. The fourth-order valence-corrected chi connectivity index (χ4v) is 1.91. The maximum atomic E-state index is 10.9. The second kappa shape index (κ2) is 6.61. The van der Waals surface area contributed by atoms with Crippen molar-refractivity contribution in [2.24, 2.45) is 0 Å². The summed E-state index contributed by atoms with van der Waals surface area (Å²) in [5, 5.41) is 12.2. The van der Waals surface area contributed by atoms with E-state index in [0.29, 0.717) is 18.7 Å². The fourth-order valence-electron chi connectivity index (χ4n) is 1.91. The average Bonchev–Trinajstić information content (AvgIpc) is 2.47. The minimum atomic E-state index is -0.915. The van der Waals surface area contributed by atoms with Crippen LogP contribution in [-0.2, 0) is 6.54 Å². The molecule has 0 radical (unpaired) electrons. The lowest BCUT2D eigenvalue weighted by Crippen LogP contribution is -2.04. The predicted octanol–water partition coefficient (Wildman–Crippen LogP) is 3.40. The molecule has 0 saturated heterocycles. The molecule has 2 rings (SSSR count). The van der Waals surface area contributed by atoms with Gasteiger partial charge in [0.2, 0.25) is 0 Å². The van der Waals surface area contributed by atoms with Gasteiger partial charge >= 0.3 is 5.97 Å². The highest BCUT2D eigenvalue weighted by Gasteiger charge is 2.05.